The lowest BCUT2D eigenvalue weighted by Crippen LogP contribution is -2.46. The number of thioether (sulfide) groups is 2. The molecular weight excluding hydrogens is 362 g/mol. The van der Waals surface area contributed by atoms with Crippen molar-refractivity contribution >= 4 is 41.4 Å². The Kier molecular flexibility index (Phi) is 6.51. The Morgan fingerprint density at radius 2 is 2.08 bits per heavy atom. The monoisotopic (exact) mass is 387 g/mol. The summed E-state index contributed by atoms with van der Waals surface area (Å²) in [5, 5.41) is 8.94. The van der Waals surface area contributed by atoms with E-state index in [4.69, 9.17) is 4.74 Å². The number of fused-ring (bicyclic) bond motifs is 1. The Morgan fingerprint density at radius 1 is 1.24 bits per heavy atom. The third-order valence-corrected chi connectivity index (χ3v) is 7.88. The van der Waals surface area contributed by atoms with E-state index >= 15 is 0 Å². The predicted octanol–water partition coefficient (Wildman–Crippen LogP) is 0.938. The molecule has 0 saturated carbocycles. The van der Waals surface area contributed by atoms with Crippen molar-refractivity contribution in [1.82, 2.24) is 16.0 Å². The molecule has 0 bridgehead atoms. The Hall–Kier alpha value is -0.930. The van der Waals surface area contributed by atoms with Crippen molar-refractivity contribution in [2.45, 2.75) is 42.1 Å². The summed E-state index contributed by atoms with van der Waals surface area (Å²) in [4.78, 5) is 36.3. The highest BCUT2D eigenvalue weighted by molar-refractivity contribution is 8.01. The molecule has 5 atom stereocenters. The zero-order valence-electron chi connectivity index (χ0n) is 14.3. The second-order valence-electron chi connectivity index (χ2n) is 6.56. The van der Waals surface area contributed by atoms with Gasteiger partial charge in [-0.25, -0.2) is 4.79 Å². The van der Waals surface area contributed by atoms with Crippen LogP contribution in [-0.2, 0) is 14.3 Å². The molecule has 3 aliphatic heterocycles. The SMILES string of the molecule is CCOC(=O)NC(=O)C1CCSC1NC(=O)C1CC2CNCCC2S1. The number of piperidine rings is 1. The third kappa shape index (κ3) is 4.62. The van der Waals surface area contributed by atoms with Gasteiger partial charge in [-0.1, -0.05) is 0 Å². The average Bonchev–Trinajstić information content (AvgIpc) is 3.21. The van der Waals surface area contributed by atoms with Crippen molar-refractivity contribution in [3.8, 4) is 0 Å². The van der Waals surface area contributed by atoms with Gasteiger partial charge >= 0.3 is 6.09 Å². The van der Waals surface area contributed by atoms with Gasteiger partial charge < -0.3 is 15.4 Å². The van der Waals surface area contributed by atoms with Gasteiger partial charge in [0.25, 0.3) is 0 Å². The lowest BCUT2D eigenvalue weighted by molar-refractivity contribution is -0.125. The molecule has 3 N–H and O–H groups in total. The molecule has 0 spiro atoms. The number of rotatable bonds is 4. The van der Waals surface area contributed by atoms with Gasteiger partial charge in [0, 0.05) is 5.25 Å². The Balaban J connectivity index is 1.51. The number of ether oxygens (including phenoxy) is 1. The summed E-state index contributed by atoms with van der Waals surface area (Å²) in [5.74, 6) is 0.611. The van der Waals surface area contributed by atoms with Crippen LogP contribution in [0.5, 0.6) is 0 Å². The van der Waals surface area contributed by atoms with Crippen molar-refractivity contribution in [2.75, 3.05) is 25.4 Å². The van der Waals surface area contributed by atoms with Crippen LogP contribution in [0.15, 0.2) is 0 Å². The first-order chi connectivity index (χ1) is 12.1. The number of carbonyl (C=O) groups excluding carboxylic acids is 3. The lowest BCUT2D eigenvalue weighted by atomic mass is 9.94. The quantitative estimate of drug-likeness (QED) is 0.660. The molecule has 0 aliphatic carbocycles. The normalized spacial score (nSPS) is 34.2. The minimum Gasteiger partial charge on any atom is -0.450 e. The van der Waals surface area contributed by atoms with Crippen molar-refractivity contribution in [2.24, 2.45) is 11.8 Å². The maximum atomic E-state index is 12.6. The molecule has 140 valence electrons. The second-order valence-corrected chi connectivity index (χ2v) is 9.25. The van der Waals surface area contributed by atoms with Gasteiger partial charge in [0.05, 0.1) is 23.1 Å². The Labute approximate surface area is 156 Å². The van der Waals surface area contributed by atoms with E-state index in [0.717, 1.165) is 31.7 Å². The molecule has 5 unspecified atom stereocenters. The molecule has 9 heteroatoms. The standard InChI is InChI=1S/C16H25N3O4S2/c1-2-23-16(22)19-13(20)10-4-6-24-15(10)18-14(21)12-7-9-8-17-5-3-11(9)25-12/h9-12,15,17H,2-8H2,1H3,(H,18,21)(H,19,20,22). The molecule has 7 nitrogen and oxygen atoms in total. The topological polar surface area (TPSA) is 96.5 Å². The van der Waals surface area contributed by atoms with E-state index in [2.05, 4.69) is 16.0 Å². The van der Waals surface area contributed by atoms with E-state index in [1.54, 1.807) is 30.4 Å². The minimum absolute atomic E-state index is 0.0211. The largest absolute Gasteiger partial charge is 0.450 e. The number of alkyl carbamates (subject to hydrolysis) is 1. The summed E-state index contributed by atoms with van der Waals surface area (Å²) in [7, 11) is 0. The molecule has 3 rings (SSSR count). The van der Waals surface area contributed by atoms with Crippen molar-refractivity contribution in [3.63, 3.8) is 0 Å². The smallest absolute Gasteiger partial charge is 0.413 e. The molecule has 0 radical (unpaired) electrons. The fraction of sp³-hybridized carbons (Fsp3) is 0.812. The van der Waals surface area contributed by atoms with Crippen LogP contribution < -0.4 is 16.0 Å². The zero-order valence-corrected chi connectivity index (χ0v) is 15.9. The highest BCUT2D eigenvalue weighted by Crippen LogP contribution is 2.42. The van der Waals surface area contributed by atoms with Crippen LogP contribution in [0.3, 0.4) is 0 Å². The number of imide groups is 1. The van der Waals surface area contributed by atoms with Crippen molar-refractivity contribution in [3.05, 3.63) is 0 Å². The van der Waals surface area contributed by atoms with Gasteiger partial charge in [0.1, 0.15) is 0 Å². The molecule has 0 aromatic rings. The van der Waals surface area contributed by atoms with E-state index in [-0.39, 0.29) is 29.0 Å². The molecule has 3 fully saturated rings. The first-order valence-corrected chi connectivity index (χ1v) is 10.8. The zero-order chi connectivity index (χ0) is 17.8. The number of carbonyl (C=O) groups is 3. The molecule has 25 heavy (non-hydrogen) atoms. The maximum Gasteiger partial charge on any atom is 0.413 e. The van der Waals surface area contributed by atoms with Crippen LogP contribution in [0.4, 0.5) is 4.79 Å². The molecule has 3 saturated heterocycles. The van der Waals surface area contributed by atoms with Crippen LogP contribution in [-0.4, -0.2) is 59.2 Å². The summed E-state index contributed by atoms with van der Waals surface area (Å²) < 4.78 is 4.75. The highest BCUT2D eigenvalue weighted by Gasteiger charge is 2.42. The van der Waals surface area contributed by atoms with E-state index in [1.807, 2.05) is 0 Å². The van der Waals surface area contributed by atoms with Crippen LogP contribution in [0.25, 0.3) is 0 Å². The third-order valence-electron chi connectivity index (χ3n) is 4.90. The fourth-order valence-corrected chi connectivity index (χ4v) is 6.61. The Morgan fingerprint density at radius 3 is 2.84 bits per heavy atom. The molecule has 3 aliphatic rings. The summed E-state index contributed by atoms with van der Waals surface area (Å²) in [6.45, 7) is 3.92. The summed E-state index contributed by atoms with van der Waals surface area (Å²) >= 11 is 3.34. The van der Waals surface area contributed by atoms with Gasteiger partial charge in [0.15, 0.2) is 0 Å². The van der Waals surface area contributed by atoms with Gasteiger partial charge in [-0.2, -0.15) is 0 Å². The van der Waals surface area contributed by atoms with Crippen LogP contribution in [0.1, 0.15) is 26.2 Å². The lowest BCUT2D eigenvalue weighted by Gasteiger charge is -2.24. The van der Waals surface area contributed by atoms with Crippen LogP contribution in [0, 0.1) is 11.8 Å². The van der Waals surface area contributed by atoms with Crippen molar-refractivity contribution in [1.29, 1.82) is 0 Å². The maximum absolute atomic E-state index is 12.6. The summed E-state index contributed by atoms with van der Waals surface area (Å²) in [6.07, 6.45) is 1.93. The molecule has 0 aromatic carbocycles. The van der Waals surface area contributed by atoms with E-state index in [0.29, 0.717) is 17.6 Å². The summed E-state index contributed by atoms with van der Waals surface area (Å²) in [6, 6.07) is 0. The number of hydrogen-bond acceptors (Lipinski definition) is 7. The Bertz CT molecular complexity index is 520. The second kappa shape index (κ2) is 8.64. The van der Waals surface area contributed by atoms with E-state index in [9.17, 15) is 14.4 Å². The minimum atomic E-state index is -0.725. The highest BCUT2D eigenvalue weighted by atomic mass is 32.2. The van der Waals surface area contributed by atoms with Gasteiger partial charge in [-0.15, -0.1) is 23.5 Å². The fourth-order valence-electron chi connectivity index (χ4n) is 3.62. The number of nitrogens with one attached hydrogen (secondary N) is 3. The molecule has 0 aromatic heterocycles. The molecule has 3 heterocycles. The predicted molar refractivity (Wildman–Crippen MR) is 98.4 cm³/mol. The van der Waals surface area contributed by atoms with E-state index in [1.165, 1.54) is 0 Å². The summed E-state index contributed by atoms with van der Waals surface area (Å²) in [5.41, 5.74) is 0. The number of hydrogen-bond donors (Lipinski definition) is 3. The first kappa shape index (κ1) is 18.8. The first-order valence-electron chi connectivity index (χ1n) is 8.84. The molecular formula is C16H25N3O4S2. The number of amides is 3. The van der Waals surface area contributed by atoms with Crippen LogP contribution in [0.2, 0.25) is 0 Å². The van der Waals surface area contributed by atoms with Crippen LogP contribution >= 0.6 is 23.5 Å². The van der Waals surface area contributed by atoms with Gasteiger partial charge in [-0.05, 0) is 50.9 Å². The van der Waals surface area contributed by atoms with Gasteiger partial charge in [-0.3, -0.25) is 14.9 Å². The van der Waals surface area contributed by atoms with E-state index < -0.39 is 12.0 Å². The molecule has 3 amide bonds. The van der Waals surface area contributed by atoms with Gasteiger partial charge in [0.2, 0.25) is 11.8 Å². The van der Waals surface area contributed by atoms with Crippen molar-refractivity contribution < 1.29 is 19.1 Å². The average molecular weight is 388 g/mol.